The van der Waals surface area contributed by atoms with E-state index in [4.69, 9.17) is 13.9 Å². The van der Waals surface area contributed by atoms with Crippen molar-refractivity contribution >= 4 is 17.5 Å². The summed E-state index contributed by atoms with van der Waals surface area (Å²) in [7, 11) is 0. The minimum Gasteiger partial charge on any atom is -0.466 e. The molecular weight excluding hydrogens is 346 g/mol. The first kappa shape index (κ1) is 19.5. The number of nitrogens with zero attached hydrogens (tertiary/aromatic N) is 1. The molecule has 6 heteroatoms. The molecule has 27 heavy (non-hydrogen) atoms. The Morgan fingerprint density at radius 2 is 2.00 bits per heavy atom. The molecule has 0 spiro atoms. The lowest BCUT2D eigenvalue weighted by molar-refractivity contribution is -0.141. The zero-order valence-electron chi connectivity index (χ0n) is 16.4. The van der Waals surface area contributed by atoms with E-state index in [1.165, 1.54) is 0 Å². The van der Waals surface area contributed by atoms with Gasteiger partial charge in [-0.3, -0.25) is 9.79 Å². The number of ketones is 1. The van der Waals surface area contributed by atoms with E-state index < -0.39 is 17.8 Å². The summed E-state index contributed by atoms with van der Waals surface area (Å²) in [5.41, 5.74) is 1.87. The van der Waals surface area contributed by atoms with Crippen molar-refractivity contribution in [2.45, 2.75) is 59.0 Å². The van der Waals surface area contributed by atoms with Gasteiger partial charge in [0, 0.05) is 17.8 Å². The van der Waals surface area contributed by atoms with Crippen molar-refractivity contribution in [2.75, 3.05) is 13.2 Å². The Labute approximate surface area is 159 Å². The summed E-state index contributed by atoms with van der Waals surface area (Å²) in [6.45, 7) is 7.99. The molecule has 0 saturated heterocycles. The number of Topliss-reactive ketones (excluding diaryl/α,β-unsaturated/α-hetero) is 1. The van der Waals surface area contributed by atoms with Gasteiger partial charge in [0.25, 0.3) is 0 Å². The van der Waals surface area contributed by atoms with Crippen LogP contribution in [0.25, 0.3) is 0 Å². The topological polar surface area (TPSA) is 78.1 Å². The highest BCUT2D eigenvalue weighted by Gasteiger charge is 2.45. The lowest BCUT2D eigenvalue weighted by atomic mass is 9.71. The SMILES string of the molecule is CC1=C(C(=O)OCCOC(C)C)[C@@H](c2ccc(C)o2)C2C(=O)CCCC2=N1. The number of aliphatic imine (C=N–C) groups is 1. The largest absolute Gasteiger partial charge is 0.466 e. The molecule has 0 radical (unpaired) electrons. The van der Waals surface area contributed by atoms with Gasteiger partial charge in [0.2, 0.25) is 0 Å². The Hall–Kier alpha value is -2.21. The van der Waals surface area contributed by atoms with Crippen molar-refractivity contribution in [3.05, 3.63) is 34.9 Å². The van der Waals surface area contributed by atoms with Crippen LogP contribution >= 0.6 is 0 Å². The standard InChI is InChI=1S/C21H27NO5/c1-12(2)25-10-11-26-21(24)18-14(4)22-15-6-5-7-16(23)19(15)20(18)17-9-8-13(3)27-17/h8-9,12,19-20H,5-7,10-11H2,1-4H3/t19?,20-/m1/s1. The predicted octanol–water partition coefficient (Wildman–Crippen LogP) is 3.74. The number of allylic oxidation sites excluding steroid dienone is 1. The normalized spacial score (nSPS) is 22.7. The highest BCUT2D eigenvalue weighted by molar-refractivity contribution is 6.11. The molecule has 0 amide bonds. The Morgan fingerprint density at radius 1 is 1.22 bits per heavy atom. The van der Waals surface area contributed by atoms with E-state index >= 15 is 0 Å². The summed E-state index contributed by atoms with van der Waals surface area (Å²) in [5, 5.41) is 0. The average Bonchev–Trinajstić information content (AvgIpc) is 3.03. The van der Waals surface area contributed by atoms with Crippen LogP contribution in [0.5, 0.6) is 0 Å². The number of aryl methyl sites for hydroxylation is 1. The average molecular weight is 373 g/mol. The van der Waals surface area contributed by atoms with E-state index in [1.807, 2.05) is 32.9 Å². The molecule has 1 fully saturated rings. The summed E-state index contributed by atoms with van der Waals surface area (Å²) >= 11 is 0. The molecule has 2 aliphatic rings. The monoisotopic (exact) mass is 373 g/mol. The van der Waals surface area contributed by atoms with Crippen molar-refractivity contribution < 1.29 is 23.5 Å². The number of hydrogen-bond donors (Lipinski definition) is 0. The first-order valence-electron chi connectivity index (χ1n) is 9.54. The van der Waals surface area contributed by atoms with E-state index in [0.29, 0.717) is 30.1 Å². The number of hydrogen-bond acceptors (Lipinski definition) is 6. The summed E-state index contributed by atoms with van der Waals surface area (Å²) < 4.78 is 16.7. The Morgan fingerprint density at radius 3 is 2.67 bits per heavy atom. The van der Waals surface area contributed by atoms with Gasteiger partial charge in [-0.2, -0.15) is 0 Å². The summed E-state index contributed by atoms with van der Waals surface area (Å²) in [5.74, 6) is 0.0953. The number of rotatable bonds is 6. The maximum atomic E-state index is 12.9. The van der Waals surface area contributed by atoms with Gasteiger partial charge >= 0.3 is 5.97 Å². The number of carbonyl (C=O) groups excluding carboxylic acids is 2. The van der Waals surface area contributed by atoms with Crippen molar-refractivity contribution in [1.29, 1.82) is 0 Å². The molecule has 6 nitrogen and oxygen atoms in total. The van der Waals surface area contributed by atoms with E-state index in [9.17, 15) is 9.59 Å². The number of furan rings is 1. The van der Waals surface area contributed by atoms with Crippen molar-refractivity contribution in [2.24, 2.45) is 10.9 Å². The number of esters is 1. The highest BCUT2D eigenvalue weighted by atomic mass is 16.6. The first-order valence-corrected chi connectivity index (χ1v) is 9.54. The fourth-order valence-corrected chi connectivity index (χ4v) is 3.81. The molecule has 146 valence electrons. The molecule has 0 bridgehead atoms. The molecule has 1 aromatic heterocycles. The summed E-state index contributed by atoms with van der Waals surface area (Å²) in [6, 6.07) is 3.69. The van der Waals surface area contributed by atoms with Crippen molar-refractivity contribution in [3.8, 4) is 0 Å². The van der Waals surface area contributed by atoms with Gasteiger partial charge in [-0.25, -0.2) is 4.79 Å². The predicted molar refractivity (Wildman–Crippen MR) is 101 cm³/mol. The quantitative estimate of drug-likeness (QED) is 0.561. The Kier molecular flexibility index (Phi) is 5.95. The fraction of sp³-hybridized carbons (Fsp3) is 0.571. The second-order valence-corrected chi connectivity index (χ2v) is 7.38. The van der Waals surface area contributed by atoms with Gasteiger partial charge in [0.15, 0.2) is 0 Å². The van der Waals surface area contributed by atoms with Gasteiger partial charge in [-0.1, -0.05) is 0 Å². The molecule has 0 aromatic carbocycles. The lowest BCUT2D eigenvalue weighted by Gasteiger charge is -2.34. The molecule has 3 rings (SSSR count). The van der Waals surface area contributed by atoms with Crippen LogP contribution < -0.4 is 0 Å². The third-order valence-electron chi connectivity index (χ3n) is 4.96. The Bertz CT molecular complexity index is 786. The maximum absolute atomic E-state index is 12.9. The van der Waals surface area contributed by atoms with E-state index in [-0.39, 0.29) is 18.5 Å². The van der Waals surface area contributed by atoms with Crippen LogP contribution in [0.3, 0.4) is 0 Å². The van der Waals surface area contributed by atoms with E-state index in [0.717, 1.165) is 24.3 Å². The molecule has 1 aromatic rings. The molecule has 2 atom stereocenters. The first-order chi connectivity index (χ1) is 12.9. The summed E-state index contributed by atoms with van der Waals surface area (Å²) in [6.07, 6.45) is 2.15. The molecule has 2 heterocycles. The van der Waals surface area contributed by atoms with Crippen LogP contribution in [-0.2, 0) is 19.1 Å². The third-order valence-corrected chi connectivity index (χ3v) is 4.96. The van der Waals surface area contributed by atoms with Crippen molar-refractivity contribution in [3.63, 3.8) is 0 Å². The van der Waals surface area contributed by atoms with Crippen LogP contribution in [0.4, 0.5) is 0 Å². The van der Waals surface area contributed by atoms with Gasteiger partial charge in [0.05, 0.1) is 30.1 Å². The van der Waals surface area contributed by atoms with Gasteiger partial charge in [-0.15, -0.1) is 0 Å². The molecule has 1 aliphatic heterocycles. The fourth-order valence-electron chi connectivity index (χ4n) is 3.81. The minimum absolute atomic E-state index is 0.0743. The van der Waals surface area contributed by atoms with Crippen LogP contribution in [0.15, 0.2) is 32.8 Å². The second-order valence-electron chi connectivity index (χ2n) is 7.38. The molecule has 1 unspecified atom stereocenters. The van der Waals surface area contributed by atoms with E-state index in [1.54, 1.807) is 6.92 Å². The van der Waals surface area contributed by atoms with Gasteiger partial charge in [-0.05, 0) is 52.7 Å². The minimum atomic E-state index is -0.475. The van der Waals surface area contributed by atoms with Crippen molar-refractivity contribution in [1.82, 2.24) is 0 Å². The molecule has 1 aliphatic carbocycles. The number of ether oxygens (including phenoxy) is 2. The molecular formula is C21H27NO5. The van der Waals surface area contributed by atoms with Gasteiger partial charge < -0.3 is 13.9 Å². The van der Waals surface area contributed by atoms with E-state index in [2.05, 4.69) is 4.99 Å². The molecule has 0 N–H and O–H groups in total. The zero-order valence-corrected chi connectivity index (χ0v) is 16.4. The lowest BCUT2D eigenvalue weighted by Crippen LogP contribution is -2.39. The number of carbonyl (C=O) groups is 2. The van der Waals surface area contributed by atoms with Crippen LogP contribution in [0.1, 0.15) is 57.5 Å². The maximum Gasteiger partial charge on any atom is 0.336 e. The third kappa shape index (κ3) is 4.21. The van der Waals surface area contributed by atoms with Gasteiger partial charge in [0.1, 0.15) is 23.9 Å². The van der Waals surface area contributed by atoms with Crippen LogP contribution in [-0.4, -0.2) is 36.8 Å². The second kappa shape index (κ2) is 8.21. The Balaban J connectivity index is 1.91. The smallest absolute Gasteiger partial charge is 0.336 e. The number of fused-ring (bicyclic) bond motifs is 1. The summed E-state index contributed by atoms with van der Waals surface area (Å²) in [4.78, 5) is 30.2. The van der Waals surface area contributed by atoms with Crippen LogP contribution in [0, 0.1) is 12.8 Å². The van der Waals surface area contributed by atoms with Crippen LogP contribution in [0.2, 0.25) is 0 Å². The molecule has 1 saturated carbocycles. The highest BCUT2D eigenvalue weighted by Crippen LogP contribution is 2.43. The zero-order chi connectivity index (χ0) is 19.6.